The second-order valence-corrected chi connectivity index (χ2v) is 8.99. The maximum Gasteiger partial charge on any atom is 0.266 e. The average Bonchev–Trinajstić information content (AvgIpc) is 3.48. The third-order valence-electron chi connectivity index (χ3n) is 4.94. The van der Waals surface area contributed by atoms with Crippen molar-refractivity contribution in [2.75, 3.05) is 5.32 Å². The monoisotopic (exact) mass is 430 g/mol. The number of aromatic nitrogens is 3. The fourth-order valence-corrected chi connectivity index (χ4v) is 4.96. The number of carbonyl (C=O) groups is 1. The Morgan fingerprint density at radius 1 is 1.10 bits per heavy atom. The van der Waals surface area contributed by atoms with Crippen LogP contribution in [0.3, 0.4) is 0 Å². The molecule has 0 saturated carbocycles. The smallest absolute Gasteiger partial charge is 0.266 e. The van der Waals surface area contributed by atoms with E-state index in [4.69, 9.17) is 0 Å². The van der Waals surface area contributed by atoms with Gasteiger partial charge in [0.05, 0.1) is 10.6 Å². The lowest BCUT2D eigenvalue weighted by Crippen LogP contribution is -2.13. The predicted molar refractivity (Wildman–Crippen MR) is 124 cm³/mol. The van der Waals surface area contributed by atoms with Crippen LogP contribution in [-0.4, -0.2) is 20.7 Å². The van der Waals surface area contributed by atoms with Crippen LogP contribution < -0.4 is 5.32 Å². The van der Waals surface area contributed by atoms with E-state index in [2.05, 4.69) is 40.5 Å². The highest BCUT2D eigenvalue weighted by Gasteiger charge is 2.16. The van der Waals surface area contributed by atoms with Gasteiger partial charge in [0.1, 0.15) is 10.6 Å². The number of hydrogen-bond acceptors (Lipinski definition) is 5. The van der Waals surface area contributed by atoms with Crippen LogP contribution >= 0.6 is 22.7 Å². The van der Waals surface area contributed by atoms with Crippen molar-refractivity contribution >= 4 is 44.6 Å². The number of rotatable bonds is 4. The summed E-state index contributed by atoms with van der Waals surface area (Å²) in [7, 11) is 1.83. The van der Waals surface area contributed by atoms with Gasteiger partial charge < -0.3 is 5.32 Å². The van der Waals surface area contributed by atoms with Gasteiger partial charge in [0.25, 0.3) is 5.91 Å². The van der Waals surface area contributed by atoms with Crippen molar-refractivity contribution < 1.29 is 4.79 Å². The van der Waals surface area contributed by atoms with Crippen LogP contribution in [0.5, 0.6) is 0 Å². The van der Waals surface area contributed by atoms with Gasteiger partial charge in [0, 0.05) is 40.7 Å². The van der Waals surface area contributed by atoms with E-state index < -0.39 is 0 Å². The van der Waals surface area contributed by atoms with Crippen LogP contribution in [0.1, 0.15) is 15.2 Å². The van der Waals surface area contributed by atoms with Crippen LogP contribution in [0.4, 0.5) is 5.82 Å². The molecule has 0 bridgehead atoms. The Balaban J connectivity index is 1.42. The second-order valence-electron chi connectivity index (χ2n) is 7.01. The number of hydrogen-bond donors (Lipinski definition) is 1. The molecule has 0 atom stereocenters. The number of nitrogens with one attached hydrogen (secondary N) is 1. The van der Waals surface area contributed by atoms with Crippen LogP contribution in [0.25, 0.3) is 31.9 Å². The van der Waals surface area contributed by atoms with E-state index in [1.54, 1.807) is 16.0 Å². The van der Waals surface area contributed by atoms with Crippen molar-refractivity contribution in [1.29, 1.82) is 0 Å². The second kappa shape index (κ2) is 7.51. The van der Waals surface area contributed by atoms with Crippen LogP contribution in [0.2, 0.25) is 0 Å². The molecule has 1 aromatic carbocycles. The summed E-state index contributed by atoms with van der Waals surface area (Å²) >= 11 is 3.07. The first kappa shape index (κ1) is 18.7. The van der Waals surface area contributed by atoms with Crippen LogP contribution in [-0.2, 0) is 7.05 Å². The molecule has 0 aliphatic carbocycles. The Bertz CT molecular complexity index is 1370. The Morgan fingerprint density at radius 3 is 2.77 bits per heavy atom. The summed E-state index contributed by atoms with van der Waals surface area (Å²) in [6.45, 7) is 2.05. The fourth-order valence-electron chi connectivity index (χ4n) is 3.38. The number of benzene rings is 1. The van der Waals surface area contributed by atoms with Gasteiger partial charge in [-0.3, -0.25) is 9.48 Å². The highest BCUT2D eigenvalue weighted by molar-refractivity contribution is 7.20. The van der Waals surface area contributed by atoms with Gasteiger partial charge in [-0.2, -0.15) is 5.10 Å². The molecule has 0 fully saturated rings. The molecule has 0 aliphatic rings. The lowest BCUT2D eigenvalue weighted by Gasteiger charge is -2.02. The zero-order chi connectivity index (χ0) is 20.7. The number of carbonyl (C=O) groups excluding carboxylic acids is 1. The first-order valence-electron chi connectivity index (χ1n) is 9.43. The molecule has 0 unspecified atom stereocenters. The van der Waals surface area contributed by atoms with Gasteiger partial charge in [0.2, 0.25) is 0 Å². The third kappa shape index (κ3) is 3.42. The van der Waals surface area contributed by atoms with E-state index in [0.717, 1.165) is 32.6 Å². The maximum atomic E-state index is 12.9. The van der Waals surface area contributed by atoms with Crippen molar-refractivity contribution in [1.82, 2.24) is 14.8 Å². The van der Waals surface area contributed by atoms with Gasteiger partial charge in [-0.1, -0.05) is 30.3 Å². The van der Waals surface area contributed by atoms with Crippen molar-refractivity contribution in [3.8, 4) is 21.7 Å². The van der Waals surface area contributed by atoms with Gasteiger partial charge in [0.15, 0.2) is 0 Å². The summed E-state index contributed by atoms with van der Waals surface area (Å²) in [6, 6.07) is 18.1. The van der Waals surface area contributed by atoms with E-state index in [0.29, 0.717) is 10.7 Å². The average molecular weight is 431 g/mol. The third-order valence-corrected chi connectivity index (χ3v) is 6.92. The maximum absolute atomic E-state index is 12.9. The molecule has 4 aromatic heterocycles. The van der Waals surface area contributed by atoms with Crippen molar-refractivity contribution in [3.63, 3.8) is 0 Å². The predicted octanol–water partition coefficient (Wildman–Crippen LogP) is 5.99. The van der Waals surface area contributed by atoms with Crippen molar-refractivity contribution in [2.45, 2.75) is 6.92 Å². The Kier molecular flexibility index (Phi) is 4.69. The molecule has 0 aliphatic heterocycles. The zero-order valence-electron chi connectivity index (χ0n) is 16.4. The topological polar surface area (TPSA) is 59.8 Å². The number of anilines is 1. The minimum absolute atomic E-state index is 0.157. The van der Waals surface area contributed by atoms with Gasteiger partial charge >= 0.3 is 0 Å². The number of pyridine rings is 1. The van der Waals surface area contributed by atoms with E-state index in [9.17, 15) is 4.79 Å². The largest absolute Gasteiger partial charge is 0.306 e. The van der Waals surface area contributed by atoms with E-state index in [1.165, 1.54) is 16.2 Å². The molecule has 1 N–H and O–H groups in total. The van der Waals surface area contributed by atoms with Crippen LogP contribution in [0.15, 0.2) is 66.2 Å². The number of nitrogens with zero attached hydrogens (tertiary/aromatic N) is 3. The quantitative estimate of drug-likeness (QED) is 0.381. The zero-order valence-corrected chi connectivity index (χ0v) is 18.1. The summed E-state index contributed by atoms with van der Waals surface area (Å²) < 4.78 is 1.69. The molecule has 0 radical (unpaired) electrons. The van der Waals surface area contributed by atoms with E-state index in [-0.39, 0.29) is 5.91 Å². The minimum atomic E-state index is -0.157. The van der Waals surface area contributed by atoms with E-state index in [1.807, 2.05) is 55.0 Å². The summed E-state index contributed by atoms with van der Waals surface area (Å²) in [4.78, 5) is 20.1. The van der Waals surface area contributed by atoms with E-state index >= 15 is 0 Å². The first-order valence-corrected chi connectivity index (χ1v) is 11.1. The normalized spacial score (nSPS) is 11.1. The molecule has 4 heterocycles. The Labute approximate surface area is 181 Å². The fraction of sp³-hybridized carbons (Fsp3) is 0.0870. The standard InChI is InChI=1S/C23H18N4OS2/c1-14-6-3-4-7-17(14)18-12-21(27(2)26-18)25-22(28)20-11-15-10-16(13-24-23(15)30-20)19-8-5-9-29-19/h3-13H,1-2H3,(H,25,28). The summed E-state index contributed by atoms with van der Waals surface area (Å²) in [5, 5.41) is 10.6. The number of aryl methyl sites for hydroxylation is 2. The number of thiophene rings is 2. The molecule has 30 heavy (non-hydrogen) atoms. The molecule has 7 heteroatoms. The molecular weight excluding hydrogens is 412 g/mol. The molecule has 5 rings (SSSR count). The molecule has 1 amide bonds. The first-order chi connectivity index (χ1) is 14.6. The highest BCUT2D eigenvalue weighted by Crippen LogP contribution is 2.31. The van der Waals surface area contributed by atoms with Gasteiger partial charge in [-0.25, -0.2) is 4.98 Å². The molecule has 5 aromatic rings. The molecule has 0 saturated heterocycles. The summed E-state index contributed by atoms with van der Waals surface area (Å²) in [6.07, 6.45) is 1.86. The Morgan fingerprint density at radius 2 is 1.97 bits per heavy atom. The molecular formula is C23H18N4OS2. The number of fused-ring (bicyclic) bond motifs is 1. The highest BCUT2D eigenvalue weighted by atomic mass is 32.1. The lowest BCUT2D eigenvalue weighted by molar-refractivity contribution is 0.102. The lowest BCUT2D eigenvalue weighted by atomic mass is 10.1. The molecule has 0 spiro atoms. The summed E-state index contributed by atoms with van der Waals surface area (Å²) in [5.74, 6) is 0.498. The van der Waals surface area contributed by atoms with Gasteiger partial charge in [-0.05, 0) is 36.1 Å². The molecule has 148 valence electrons. The van der Waals surface area contributed by atoms with Crippen LogP contribution in [0, 0.1) is 6.92 Å². The summed E-state index contributed by atoms with van der Waals surface area (Å²) in [5.41, 5.74) is 4.10. The van der Waals surface area contributed by atoms with Crippen molar-refractivity contribution in [3.05, 3.63) is 76.6 Å². The van der Waals surface area contributed by atoms with Crippen molar-refractivity contribution in [2.24, 2.45) is 7.05 Å². The SMILES string of the molecule is Cc1ccccc1-c1cc(NC(=O)c2cc3cc(-c4cccs4)cnc3s2)n(C)n1. The number of amides is 1. The molecule has 5 nitrogen and oxygen atoms in total. The Hall–Kier alpha value is -3.29. The minimum Gasteiger partial charge on any atom is -0.306 e. The van der Waals surface area contributed by atoms with Gasteiger partial charge in [-0.15, -0.1) is 22.7 Å².